The summed E-state index contributed by atoms with van der Waals surface area (Å²) in [5, 5.41) is 9.29. The predicted molar refractivity (Wildman–Crippen MR) is 110 cm³/mol. The Morgan fingerprint density at radius 2 is 1.97 bits per heavy atom. The Morgan fingerprint density at radius 1 is 1.26 bits per heavy atom. The van der Waals surface area contributed by atoms with Gasteiger partial charge in [0.1, 0.15) is 6.61 Å². The summed E-state index contributed by atoms with van der Waals surface area (Å²) in [6.07, 6.45) is 1.12. The van der Waals surface area contributed by atoms with Crippen molar-refractivity contribution in [2.24, 2.45) is 11.3 Å². The van der Waals surface area contributed by atoms with Crippen LogP contribution in [0.25, 0.3) is 0 Å². The van der Waals surface area contributed by atoms with Gasteiger partial charge >= 0.3 is 12.1 Å². The molecule has 0 spiro atoms. The van der Waals surface area contributed by atoms with Crippen molar-refractivity contribution in [3.05, 3.63) is 22.4 Å². The quantitative estimate of drug-likeness (QED) is 0.699. The lowest BCUT2D eigenvalue weighted by Gasteiger charge is -2.29. The van der Waals surface area contributed by atoms with Crippen LogP contribution < -0.4 is 0 Å². The van der Waals surface area contributed by atoms with Crippen LogP contribution in [0.4, 0.5) is 13.2 Å². The molecule has 4 rings (SSSR count). The van der Waals surface area contributed by atoms with Crippen molar-refractivity contribution in [1.82, 2.24) is 9.80 Å². The molecule has 10 heteroatoms. The van der Waals surface area contributed by atoms with Crippen molar-refractivity contribution >= 4 is 23.2 Å². The Labute approximate surface area is 184 Å². The largest absolute Gasteiger partial charge is 0.490 e. The Hall–Kier alpha value is -1.65. The maximum atomic E-state index is 12.2. The van der Waals surface area contributed by atoms with Crippen LogP contribution >= 0.6 is 11.3 Å². The van der Waals surface area contributed by atoms with Gasteiger partial charge in [0, 0.05) is 43.0 Å². The van der Waals surface area contributed by atoms with Crippen LogP contribution in [0, 0.1) is 11.3 Å². The fourth-order valence-corrected chi connectivity index (χ4v) is 5.65. The minimum Gasteiger partial charge on any atom is -0.475 e. The summed E-state index contributed by atoms with van der Waals surface area (Å²) in [6.45, 7) is 6.28. The summed E-state index contributed by atoms with van der Waals surface area (Å²) in [6, 6.07) is 4.37. The van der Waals surface area contributed by atoms with E-state index in [1.807, 2.05) is 16.2 Å². The van der Waals surface area contributed by atoms with E-state index < -0.39 is 12.1 Å². The van der Waals surface area contributed by atoms with Gasteiger partial charge in [0.2, 0.25) is 5.91 Å². The van der Waals surface area contributed by atoms with Gasteiger partial charge in [0.15, 0.2) is 0 Å². The average molecular weight is 463 g/mol. The Balaban J connectivity index is 0.000000339. The molecule has 3 fully saturated rings. The molecule has 1 aromatic heterocycles. The number of ether oxygens (including phenoxy) is 1. The molecule has 3 heterocycles. The lowest BCUT2D eigenvalue weighted by Crippen LogP contribution is -2.36. The standard InChI is InChI=1S/C19H28N2O2S.C2HF3O2/c22-18(21-8-1-2-9-21)13-23-15-19-7-3-5-16(19)11-20(14-19)12-17-6-4-10-24-17;3-2(4,5)1(6)7/h4,6,10,16H,1-3,5,7-9,11-15H2;(H,6,7)/t16-,19+;/m1./s1. The van der Waals surface area contributed by atoms with E-state index >= 15 is 0 Å². The summed E-state index contributed by atoms with van der Waals surface area (Å²) < 4.78 is 37.7. The van der Waals surface area contributed by atoms with Gasteiger partial charge in [-0.3, -0.25) is 9.69 Å². The van der Waals surface area contributed by atoms with Crippen LogP contribution in [0.2, 0.25) is 0 Å². The number of amides is 1. The van der Waals surface area contributed by atoms with E-state index in [1.165, 1.54) is 30.7 Å². The van der Waals surface area contributed by atoms with E-state index in [1.54, 1.807) is 0 Å². The van der Waals surface area contributed by atoms with E-state index in [-0.39, 0.29) is 12.5 Å². The van der Waals surface area contributed by atoms with Gasteiger partial charge in [-0.1, -0.05) is 12.5 Å². The summed E-state index contributed by atoms with van der Waals surface area (Å²) in [5.74, 6) is -1.82. The molecule has 31 heavy (non-hydrogen) atoms. The van der Waals surface area contributed by atoms with Gasteiger partial charge in [-0.25, -0.2) is 4.79 Å². The highest BCUT2D eigenvalue weighted by Crippen LogP contribution is 2.49. The third-order valence-electron chi connectivity index (χ3n) is 6.39. The summed E-state index contributed by atoms with van der Waals surface area (Å²) in [7, 11) is 0. The number of alkyl halides is 3. The predicted octanol–water partition coefficient (Wildman–Crippen LogP) is 3.62. The van der Waals surface area contributed by atoms with Crippen molar-refractivity contribution in [2.45, 2.75) is 44.8 Å². The van der Waals surface area contributed by atoms with Crippen LogP contribution in [0.15, 0.2) is 17.5 Å². The third kappa shape index (κ3) is 6.43. The second kappa shape index (κ2) is 10.3. The summed E-state index contributed by atoms with van der Waals surface area (Å²) in [5.41, 5.74) is 0.294. The molecule has 1 aliphatic carbocycles. The number of hydrogen-bond donors (Lipinski definition) is 1. The molecule has 0 unspecified atom stereocenters. The van der Waals surface area contributed by atoms with Crippen molar-refractivity contribution in [2.75, 3.05) is 39.4 Å². The topological polar surface area (TPSA) is 70.1 Å². The molecule has 3 aliphatic rings. The number of carbonyl (C=O) groups is 2. The molecule has 0 bridgehead atoms. The van der Waals surface area contributed by atoms with E-state index in [0.29, 0.717) is 5.41 Å². The van der Waals surface area contributed by atoms with Crippen LogP contribution in [-0.4, -0.2) is 72.4 Å². The zero-order chi connectivity index (χ0) is 22.5. The molecule has 1 N–H and O–H groups in total. The SMILES string of the molecule is O=C(COC[C@@]12CCC[C@@H]1CN(Cc1cccs1)C2)N1CCCC1.O=C(O)C(F)(F)F. The van der Waals surface area contributed by atoms with Crippen LogP contribution in [0.5, 0.6) is 0 Å². The van der Waals surface area contributed by atoms with Crippen molar-refractivity contribution in [1.29, 1.82) is 0 Å². The average Bonchev–Trinajstić information content (AvgIpc) is 3.47. The van der Waals surface area contributed by atoms with Crippen LogP contribution in [-0.2, 0) is 20.9 Å². The number of halogens is 3. The molecular weight excluding hydrogens is 433 g/mol. The van der Waals surface area contributed by atoms with E-state index in [2.05, 4.69) is 22.4 Å². The molecule has 2 saturated heterocycles. The normalized spacial score (nSPS) is 25.9. The smallest absolute Gasteiger partial charge is 0.475 e. The van der Waals surface area contributed by atoms with Gasteiger partial charge < -0.3 is 14.7 Å². The molecule has 1 saturated carbocycles. The first-order valence-corrected chi connectivity index (χ1v) is 11.5. The van der Waals surface area contributed by atoms with Crippen LogP contribution in [0.3, 0.4) is 0 Å². The maximum Gasteiger partial charge on any atom is 0.490 e. The first-order chi connectivity index (χ1) is 14.7. The zero-order valence-electron chi connectivity index (χ0n) is 17.4. The first kappa shape index (κ1) is 24.0. The Bertz CT molecular complexity index is 737. The van der Waals surface area contributed by atoms with Gasteiger partial charge in [0.25, 0.3) is 0 Å². The van der Waals surface area contributed by atoms with Crippen LogP contribution in [0.1, 0.15) is 37.0 Å². The Kier molecular flexibility index (Phi) is 7.98. The number of thiophene rings is 1. The Morgan fingerprint density at radius 3 is 2.58 bits per heavy atom. The zero-order valence-corrected chi connectivity index (χ0v) is 18.2. The van der Waals surface area contributed by atoms with Gasteiger partial charge in [-0.05, 0) is 43.0 Å². The van der Waals surface area contributed by atoms with E-state index in [4.69, 9.17) is 14.6 Å². The second-order valence-corrected chi connectivity index (χ2v) is 9.62. The molecule has 1 aromatic rings. The highest BCUT2D eigenvalue weighted by atomic mass is 32.1. The number of carboxylic acids is 1. The number of nitrogens with zero attached hydrogens (tertiary/aromatic N) is 2. The molecule has 174 valence electrons. The number of carboxylic acid groups (broad SMARTS) is 1. The summed E-state index contributed by atoms with van der Waals surface area (Å²) in [4.78, 5) is 27.1. The molecular formula is C21H29F3N2O4S. The number of aliphatic carboxylic acids is 1. The fraction of sp³-hybridized carbons (Fsp3) is 0.714. The molecule has 6 nitrogen and oxygen atoms in total. The number of rotatable bonds is 6. The minimum atomic E-state index is -5.08. The van der Waals surface area contributed by atoms with Crippen molar-refractivity contribution in [3.63, 3.8) is 0 Å². The summed E-state index contributed by atoms with van der Waals surface area (Å²) >= 11 is 1.85. The number of likely N-dealkylation sites (tertiary alicyclic amines) is 2. The van der Waals surface area contributed by atoms with Crippen molar-refractivity contribution < 1.29 is 32.6 Å². The van der Waals surface area contributed by atoms with E-state index in [0.717, 1.165) is 51.5 Å². The molecule has 2 aliphatic heterocycles. The highest BCUT2D eigenvalue weighted by Gasteiger charge is 2.49. The lowest BCUT2D eigenvalue weighted by atomic mass is 9.81. The van der Waals surface area contributed by atoms with Crippen molar-refractivity contribution in [3.8, 4) is 0 Å². The number of hydrogen-bond acceptors (Lipinski definition) is 5. The van der Waals surface area contributed by atoms with Gasteiger partial charge in [-0.15, -0.1) is 11.3 Å². The molecule has 0 radical (unpaired) electrons. The maximum absolute atomic E-state index is 12.2. The fourth-order valence-electron chi connectivity index (χ4n) is 4.90. The highest BCUT2D eigenvalue weighted by molar-refractivity contribution is 7.09. The lowest BCUT2D eigenvalue weighted by molar-refractivity contribution is -0.192. The van der Waals surface area contributed by atoms with E-state index in [9.17, 15) is 18.0 Å². The molecule has 2 atom stereocenters. The van der Waals surface area contributed by atoms with Gasteiger partial charge in [-0.2, -0.15) is 13.2 Å². The van der Waals surface area contributed by atoms with Gasteiger partial charge in [0.05, 0.1) is 6.61 Å². The second-order valence-electron chi connectivity index (χ2n) is 8.58. The molecule has 1 amide bonds. The third-order valence-corrected chi connectivity index (χ3v) is 7.25. The number of carbonyl (C=O) groups excluding carboxylic acids is 1. The minimum absolute atomic E-state index is 0.187. The number of fused-ring (bicyclic) bond motifs is 1. The monoisotopic (exact) mass is 462 g/mol. The molecule has 0 aromatic carbocycles. The first-order valence-electron chi connectivity index (χ1n) is 10.6.